The molecule has 2 fully saturated rings. The Hall–Kier alpha value is -1.92. The number of anilines is 1. The monoisotopic (exact) mass is 430 g/mol. The summed E-state index contributed by atoms with van der Waals surface area (Å²) in [6, 6.07) is 11.7. The number of nitrogens with zero attached hydrogens (tertiary/aromatic N) is 2. The molecule has 0 bridgehead atoms. The first-order valence-corrected chi connectivity index (χ1v) is 10.5. The largest absolute Gasteiger partial charge is 0.383 e. The number of halogens is 2. The number of hydrogen-bond donors (Lipinski definition) is 1. The van der Waals surface area contributed by atoms with E-state index in [1.54, 1.807) is 18.2 Å². The van der Waals surface area contributed by atoms with Crippen LogP contribution in [-0.4, -0.2) is 40.5 Å². The molecule has 0 unspecified atom stereocenters. The molecule has 2 aliphatic heterocycles. The number of rotatable bonds is 3. The lowest BCUT2D eigenvalue weighted by Gasteiger charge is -2.37. The van der Waals surface area contributed by atoms with Crippen molar-refractivity contribution >= 4 is 40.7 Å². The number of amides is 2. The predicted octanol–water partition coefficient (Wildman–Crippen LogP) is 3.73. The van der Waals surface area contributed by atoms with Gasteiger partial charge in [0, 0.05) is 35.1 Å². The number of fused-ring (bicyclic) bond motifs is 1. The molecule has 0 radical (unpaired) electrons. The minimum atomic E-state index is -1.28. The molecule has 2 heterocycles. The van der Waals surface area contributed by atoms with Crippen molar-refractivity contribution in [1.82, 2.24) is 4.90 Å². The van der Waals surface area contributed by atoms with Crippen LogP contribution in [0.4, 0.5) is 5.69 Å². The van der Waals surface area contributed by atoms with Gasteiger partial charge < -0.3 is 5.11 Å². The minimum Gasteiger partial charge on any atom is -0.383 e. The van der Waals surface area contributed by atoms with Crippen molar-refractivity contribution in [2.24, 2.45) is 0 Å². The van der Waals surface area contributed by atoms with Gasteiger partial charge in [-0.15, -0.1) is 0 Å². The molecule has 0 spiro atoms. The van der Waals surface area contributed by atoms with Crippen LogP contribution in [0, 0.1) is 0 Å². The molecule has 5 rings (SSSR count). The summed E-state index contributed by atoms with van der Waals surface area (Å²) in [5, 5.41) is 11.1. The van der Waals surface area contributed by atoms with Gasteiger partial charge >= 0.3 is 0 Å². The maximum absolute atomic E-state index is 12.5. The Bertz CT molecular complexity index is 1020. The zero-order valence-corrected chi connectivity index (χ0v) is 17.2. The van der Waals surface area contributed by atoms with Crippen LogP contribution in [0.3, 0.4) is 0 Å². The van der Waals surface area contributed by atoms with E-state index in [1.807, 2.05) is 18.2 Å². The molecule has 2 amide bonds. The van der Waals surface area contributed by atoms with E-state index in [9.17, 15) is 14.7 Å². The van der Waals surface area contributed by atoms with Gasteiger partial charge in [-0.2, -0.15) is 0 Å². The first-order chi connectivity index (χ1) is 13.9. The van der Waals surface area contributed by atoms with Gasteiger partial charge in [0.05, 0.1) is 12.1 Å². The molecule has 2 aromatic rings. The molecule has 1 N–H and O–H groups in total. The van der Waals surface area contributed by atoms with Crippen LogP contribution in [0.1, 0.15) is 41.9 Å². The molecule has 5 nitrogen and oxygen atoms in total. The second-order valence-electron chi connectivity index (χ2n) is 8.01. The second-order valence-corrected chi connectivity index (χ2v) is 8.86. The van der Waals surface area contributed by atoms with Crippen molar-refractivity contribution in [3.05, 3.63) is 63.1 Å². The zero-order chi connectivity index (χ0) is 20.3. The Balaban J connectivity index is 1.65. The van der Waals surface area contributed by atoms with Gasteiger partial charge in [0.15, 0.2) is 0 Å². The van der Waals surface area contributed by atoms with E-state index in [-0.39, 0.29) is 18.2 Å². The fourth-order valence-corrected chi connectivity index (χ4v) is 5.11. The molecule has 1 saturated carbocycles. The van der Waals surface area contributed by atoms with Crippen molar-refractivity contribution in [3.8, 4) is 0 Å². The Morgan fingerprint density at radius 3 is 2.48 bits per heavy atom. The van der Waals surface area contributed by atoms with Crippen LogP contribution in [0.2, 0.25) is 10.0 Å². The molecule has 29 heavy (non-hydrogen) atoms. The number of para-hydroxylation sites is 1. The number of aliphatic hydroxyl groups excluding tert-OH is 1. The summed E-state index contributed by atoms with van der Waals surface area (Å²) < 4.78 is 0. The Labute approximate surface area is 178 Å². The molecule has 2 aromatic carbocycles. The summed E-state index contributed by atoms with van der Waals surface area (Å²) in [5.74, 6) is -1.03. The van der Waals surface area contributed by atoms with Crippen molar-refractivity contribution in [2.45, 2.75) is 43.9 Å². The van der Waals surface area contributed by atoms with Gasteiger partial charge in [-0.1, -0.05) is 41.4 Å². The first kappa shape index (κ1) is 19.1. The van der Waals surface area contributed by atoms with E-state index in [0.717, 1.165) is 34.7 Å². The van der Waals surface area contributed by atoms with Crippen molar-refractivity contribution < 1.29 is 14.7 Å². The third kappa shape index (κ3) is 3.26. The topological polar surface area (TPSA) is 60.9 Å². The second kappa shape index (κ2) is 7.10. The van der Waals surface area contributed by atoms with Gasteiger partial charge in [0.1, 0.15) is 6.10 Å². The van der Waals surface area contributed by atoms with Gasteiger partial charge in [0.2, 0.25) is 5.91 Å². The maximum Gasteiger partial charge on any atom is 0.263 e. The fraction of sp³-hybridized carbons (Fsp3) is 0.364. The van der Waals surface area contributed by atoms with E-state index in [0.29, 0.717) is 21.8 Å². The van der Waals surface area contributed by atoms with Gasteiger partial charge in [-0.05, 0) is 47.7 Å². The van der Waals surface area contributed by atoms with Crippen LogP contribution in [0.5, 0.6) is 0 Å². The smallest absolute Gasteiger partial charge is 0.263 e. The van der Waals surface area contributed by atoms with Crippen molar-refractivity contribution in [2.75, 3.05) is 11.4 Å². The molecular formula is C22H20Cl2N2O3. The molecule has 1 saturated heterocycles. The Morgan fingerprint density at radius 1 is 1.03 bits per heavy atom. The number of carbonyl (C=O) groups excluding carboxylic acids is 2. The fourth-order valence-electron chi connectivity index (χ4n) is 4.54. The number of hydrogen-bond acceptors (Lipinski definition) is 4. The summed E-state index contributed by atoms with van der Waals surface area (Å²) >= 11 is 12.9. The number of imide groups is 1. The highest BCUT2D eigenvalue weighted by atomic mass is 35.5. The lowest BCUT2D eigenvalue weighted by Crippen LogP contribution is -2.37. The first-order valence-electron chi connectivity index (χ1n) is 9.79. The van der Waals surface area contributed by atoms with E-state index in [4.69, 9.17) is 23.2 Å². The molecule has 0 aromatic heterocycles. The summed E-state index contributed by atoms with van der Waals surface area (Å²) in [4.78, 5) is 28.5. The van der Waals surface area contributed by atoms with Crippen LogP contribution < -0.4 is 4.90 Å². The molecule has 1 aliphatic carbocycles. The lowest BCUT2D eigenvalue weighted by atomic mass is 9.83. The highest BCUT2D eigenvalue weighted by molar-refractivity contribution is 6.35. The quantitative estimate of drug-likeness (QED) is 0.753. The third-order valence-electron chi connectivity index (χ3n) is 6.09. The predicted molar refractivity (Wildman–Crippen MR) is 111 cm³/mol. The van der Waals surface area contributed by atoms with Crippen LogP contribution in [0.15, 0.2) is 36.4 Å². The molecule has 7 heteroatoms. The highest BCUT2D eigenvalue weighted by Gasteiger charge is 2.42. The van der Waals surface area contributed by atoms with Crippen molar-refractivity contribution in [1.29, 1.82) is 0 Å². The van der Waals surface area contributed by atoms with E-state index >= 15 is 0 Å². The van der Waals surface area contributed by atoms with Gasteiger partial charge in [-0.3, -0.25) is 14.5 Å². The standard InChI is InChI=1S/C22H20Cl2N2O3/c23-12-7-15-16(10-25(13-5-6-13)11-17(15)18(24)8-12)14-3-1-2-4-19(14)26-21(28)9-20(27)22(26)29/h1-4,7-8,13,16,20,27H,5-6,9-11H2/t16-,20+/m0/s1. The van der Waals surface area contributed by atoms with E-state index in [1.165, 1.54) is 12.8 Å². The summed E-state index contributed by atoms with van der Waals surface area (Å²) in [6.45, 7) is 1.54. The molecular weight excluding hydrogens is 411 g/mol. The number of carbonyl (C=O) groups is 2. The van der Waals surface area contributed by atoms with Gasteiger partial charge in [0.25, 0.3) is 5.91 Å². The molecule has 2 atom stereocenters. The van der Waals surface area contributed by atoms with E-state index in [2.05, 4.69) is 4.90 Å². The Kier molecular flexibility index (Phi) is 4.67. The normalized spacial score (nSPS) is 24.9. The van der Waals surface area contributed by atoms with Crippen LogP contribution in [0.25, 0.3) is 0 Å². The summed E-state index contributed by atoms with van der Waals surface area (Å²) in [6.07, 6.45) is 0.885. The third-order valence-corrected chi connectivity index (χ3v) is 6.64. The minimum absolute atomic E-state index is 0.0786. The SMILES string of the molecule is O=C1C[C@@H](O)C(=O)N1c1ccccc1[C@@H]1CN(C2CC2)Cc2c(Cl)cc(Cl)cc21. The van der Waals surface area contributed by atoms with Crippen LogP contribution >= 0.6 is 23.2 Å². The number of benzene rings is 2. The number of aliphatic hydroxyl groups is 1. The summed E-state index contributed by atoms with van der Waals surface area (Å²) in [5.41, 5.74) is 3.48. The highest BCUT2D eigenvalue weighted by Crippen LogP contribution is 2.44. The maximum atomic E-state index is 12.5. The lowest BCUT2D eigenvalue weighted by molar-refractivity contribution is -0.124. The summed E-state index contributed by atoms with van der Waals surface area (Å²) in [7, 11) is 0. The average molecular weight is 431 g/mol. The Morgan fingerprint density at radius 2 is 1.79 bits per heavy atom. The van der Waals surface area contributed by atoms with Gasteiger partial charge in [-0.25, -0.2) is 4.90 Å². The van der Waals surface area contributed by atoms with Crippen molar-refractivity contribution in [3.63, 3.8) is 0 Å². The molecule has 150 valence electrons. The van der Waals surface area contributed by atoms with E-state index < -0.39 is 12.0 Å². The average Bonchev–Trinajstić information content (AvgIpc) is 3.49. The zero-order valence-electron chi connectivity index (χ0n) is 15.6. The van der Waals surface area contributed by atoms with Crippen LogP contribution in [-0.2, 0) is 16.1 Å². The molecule has 3 aliphatic rings.